The summed E-state index contributed by atoms with van der Waals surface area (Å²) in [6.45, 7) is 2.36. The number of nitrogens with zero attached hydrogens (tertiary/aromatic N) is 3. The number of pyridine rings is 1. The number of hydrogen-bond donors (Lipinski definition) is 1. The number of aryl methyl sites for hydroxylation is 1. The molecule has 6 nitrogen and oxygen atoms in total. The largest absolute Gasteiger partial charge is 0.418 e. The van der Waals surface area contributed by atoms with Crippen LogP contribution in [0.5, 0.6) is 0 Å². The topological polar surface area (TPSA) is 67.2 Å². The Morgan fingerprint density at radius 2 is 2.17 bits per heavy atom. The van der Waals surface area contributed by atoms with E-state index in [9.17, 15) is 22.8 Å². The molecule has 0 radical (unpaired) electrons. The third kappa shape index (κ3) is 3.66. The molecule has 0 aliphatic rings. The van der Waals surface area contributed by atoms with E-state index in [-0.39, 0.29) is 24.0 Å². The quantitative estimate of drug-likeness (QED) is 0.817. The monoisotopic (exact) mass is 342 g/mol. The molecule has 0 fully saturated rings. The number of carbonyl (C=O) groups is 2. The standard InChI is InChI=1S/C15H17F3N4O2/c1-3-22-8-12(15(16,17)18)11-6-10(7-19-14(11)22)21(2)5-4-13(24)20-9-23/h6-9H,3-5H2,1-2H3,(H,20,23,24). The summed E-state index contributed by atoms with van der Waals surface area (Å²) in [4.78, 5) is 27.2. The number of fused-ring (bicyclic) bond motifs is 1. The molecule has 9 heteroatoms. The highest BCUT2D eigenvalue weighted by Gasteiger charge is 2.35. The van der Waals surface area contributed by atoms with Crippen LogP contribution in [0.2, 0.25) is 0 Å². The number of rotatable bonds is 6. The molecule has 0 spiro atoms. The van der Waals surface area contributed by atoms with Gasteiger partial charge in [0, 0.05) is 38.1 Å². The van der Waals surface area contributed by atoms with Crippen LogP contribution >= 0.6 is 0 Å². The van der Waals surface area contributed by atoms with E-state index in [1.54, 1.807) is 18.9 Å². The highest BCUT2D eigenvalue weighted by Crippen LogP contribution is 2.36. The normalized spacial score (nSPS) is 11.5. The second-order valence-corrected chi connectivity index (χ2v) is 5.25. The van der Waals surface area contributed by atoms with Crippen molar-refractivity contribution in [3.63, 3.8) is 0 Å². The van der Waals surface area contributed by atoms with Gasteiger partial charge >= 0.3 is 6.18 Å². The third-order valence-electron chi connectivity index (χ3n) is 3.68. The van der Waals surface area contributed by atoms with Crippen molar-refractivity contribution in [1.82, 2.24) is 14.9 Å². The Bertz CT molecular complexity index is 755. The fourth-order valence-electron chi connectivity index (χ4n) is 2.37. The number of amides is 2. The minimum Gasteiger partial charge on any atom is -0.373 e. The number of alkyl halides is 3. The van der Waals surface area contributed by atoms with Crippen molar-refractivity contribution in [3.05, 3.63) is 24.0 Å². The van der Waals surface area contributed by atoms with Crippen LogP contribution in [0.25, 0.3) is 11.0 Å². The Balaban J connectivity index is 2.32. The number of nitrogens with one attached hydrogen (secondary N) is 1. The van der Waals surface area contributed by atoms with E-state index in [0.717, 1.165) is 6.20 Å². The summed E-state index contributed by atoms with van der Waals surface area (Å²) in [5, 5.41) is 2.03. The predicted octanol–water partition coefficient (Wildman–Crippen LogP) is 2.17. The highest BCUT2D eigenvalue weighted by molar-refractivity contribution is 5.86. The lowest BCUT2D eigenvalue weighted by Crippen LogP contribution is -2.27. The van der Waals surface area contributed by atoms with Crippen LogP contribution in [0.1, 0.15) is 18.9 Å². The van der Waals surface area contributed by atoms with Crippen molar-refractivity contribution >= 4 is 29.0 Å². The van der Waals surface area contributed by atoms with Gasteiger partial charge in [0.25, 0.3) is 0 Å². The smallest absolute Gasteiger partial charge is 0.373 e. The molecule has 2 amide bonds. The van der Waals surface area contributed by atoms with Crippen LogP contribution in [-0.2, 0) is 22.3 Å². The van der Waals surface area contributed by atoms with Gasteiger partial charge in [-0.25, -0.2) is 4.98 Å². The van der Waals surface area contributed by atoms with E-state index >= 15 is 0 Å². The van der Waals surface area contributed by atoms with Crippen LogP contribution in [0.3, 0.4) is 0 Å². The van der Waals surface area contributed by atoms with Crippen LogP contribution in [-0.4, -0.2) is 35.5 Å². The van der Waals surface area contributed by atoms with Gasteiger partial charge in [0.2, 0.25) is 12.3 Å². The van der Waals surface area contributed by atoms with Crippen molar-refractivity contribution < 1.29 is 22.8 Å². The van der Waals surface area contributed by atoms with Gasteiger partial charge in [-0.1, -0.05) is 0 Å². The van der Waals surface area contributed by atoms with Crippen LogP contribution in [0.15, 0.2) is 18.5 Å². The number of hydrogen-bond acceptors (Lipinski definition) is 4. The fourth-order valence-corrected chi connectivity index (χ4v) is 2.37. The van der Waals surface area contributed by atoms with Crippen LogP contribution in [0, 0.1) is 0 Å². The van der Waals surface area contributed by atoms with E-state index in [0.29, 0.717) is 18.6 Å². The molecular weight excluding hydrogens is 325 g/mol. The Hall–Kier alpha value is -2.58. The molecule has 1 N–H and O–H groups in total. The predicted molar refractivity (Wildman–Crippen MR) is 82.5 cm³/mol. The maximum Gasteiger partial charge on any atom is 0.418 e. The molecule has 0 aliphatic carbocycles. The number of carbonyl (C=O) groups excluding carboxylic acids is 2. The lowest BCUT2D eigenvalue weighted by Gasteiger charge is -2.18. The summed E-state index contributed by atoms with van der Waals surface area (Å²) in [7, 11) is 1.64. The Morgan fingerprint density at radius 3 is 2.75 bits per heavy atom. The fraction of sp³-hybridized carbons (Fsp3) is 0.400. The van der Waals surface area contributed by atoms with Crippen LogP contribution < -0.4 is 10.2 Å². The molecule has 0 unspecified atom stereocenters. The van der Waals surface area contributed by atoms with E-state index in [1.807, 2.05) is 5.32 Å². The number of aromatic nitrogens is 2. The van der Waals surface area contributed by atoms with E-state index in [2.05, 4.69) is 4.98 Å². The lowest BCUT2D eigenvalue weighted by atomic mass is 10.2. The average Bonchev–Trinajstić information content (AvgIpc) is 2.91. The average molecular weight is 342 g/mol. The van der Waals surface area contributed by atoms with Gasteiger partial charge in [0.05, 0.1) is 17.4 Å². The van der Waals surface area contributed by atoms with Crippen molar-refractivity contribution in [2.45, 2.75) is 26.1 Å². The van der Waals surface area contributed by atoms with Gasteiger partial charge in [-0.2, -0.15) is 13.2 Å². The number of anilines is 1. The SMILES string of the molecule is CCn1cc(C(F)(F)F)c2cc(N(C)CCC(=O)NC=O)cnc21. The van der Waals surface area contributed by atoms with Gasteiger partial charge in [-0.15, -0.1) is 0 Å². The number of imide groups is 1. The summed E-state index contributed by atoms with van der Waals surface area (Å²) in [5.74, 6) is -0.459. The van der Waals surface area contributed by atoms with Crippen molar-refractivity contribution in [2.75, 3.05) is 18.5 Å². The van der Waals surface area contributed by atoms with Crippen molar-refractivity contribution in [2.24, 2.45) is 0 Å². The molecule has 2 rings (SSSR count). The molecule has 2 aromatic rings. The molecule has 2 aromatic heterocycles. The maximum atomic E-state index is 13.2. The highest BCUT2D eigenvalue weighted by atomic mass is 19.4. The van der Waals surface area contributed by atoms with Crippen LogP contribution in [0.4, 0.5) is 18.9 Å². The van der Waals surface area contributed by atoms with E-state index in [1.165, 1.54) is 16.8 Å². The minimum atomic E-state index is -4.47. The van der Waals surface area contributed by atoms with E-state index in [4.69, 9.17) is 0 Å². The Labute approximate surface area is 136 Å². The second kappa shape index (κ2) is 6.90. The first-order valence-corrected chi connectivity index (χ1v) is 7.28. The zero-order valence-electron chi connectivity index (χ0n) is 13.2. The van der Waals surface area contributed by atoms with Gasteiger partial charge in [0.15, 0.2) is 0 Å². The van der Waals surface area contributed by atoms with Gasteiger partial charge < -0.3 is 9.47 Å². The van der Waals surface area contributed by atoms with Gasteiger partial charge in [-0.3, -0.25) is 14.9 Å². The summed E-state index contributed by atoms with van der Waals surface area (Å²) in [5.41, 5.74) is -0.0118. The first-order chi connectivity index (χ1) is 11.3. The van der Waals surface area contributed by atoms with Crippen molar-refractivity contribution in [3.8, 4) is 0 Å². The third-order valence-corrected chi connectivity index (χ3v) is 3.68. The first kappa shape index (κ1) is 17.8. The zero-order chi connectivity index (χ0) is 17.9. The zero-order valence-corrected chi connectivity index (χ0v) is 13.2. The minimum absolute atomic E-state index is 0.0195. The van der Waals surface area contributed by atoms with Crippen molar-refractivity contribution in [1.29, 1.82) is 0 Å². The molecule has 0 saturated heterocycles. The summed E-state index contributed by atoms with van der Waals surface area (Å²) < 4.78 is 41.0. The van der Waals surface area contributed by atoms with Gasteiger partial charge in [-0.05, 0) is 13.0 Å². The molecule has 0 bridgehead atoms. The molecule has 0 aliphatic heterocycles. The molecule has 24 heavy (non-hydrogen) atoms. The Morgan fingerprint density at radius 1 is 1.46 bits per heavy atom. The first-order valence-electron chi connectivity index (χ1n) is 7.28. The maximum absolute atomic E-state index is 13.2. The van der Waals surface area contributed by atoms with E-state index < -0.39 is 17.6 Å². The summed E-state index contributed by atoms with van der Waals surface area (Å²) >= 11 is 0. The second-order valence-electron chi connectivity index (χ2n) is 5.25. The van der Waals surface area contributed by atoms with Gasteiger partial charge in [0.1, 0.15) is 5.65 Å². The molecule has 2 heterocycles. The molecular formula is C15H17F3N4O2. The number of halogens is 3. The summed E-state index contributed by atoms with van der Waals surface area (Å²) in [6.07, 6.45) is -1.62. The summed E-state index contributed by atoms with van der Waals surface area (Å²) in [6, 6.07) is 1.41. The lowest BCUT2D eigenvalue weighted by molar-refractivity contribution is -0.136. The molecule has 0 saturated carbocycles. The molecule has 0 atom stereocenters. The molecule has 130 valence electrons. The Kier molecular flexibility index (Phi) is 5.10. The molecule has 0 aromatic carbocycles.